The Hall–Kier alpha value is -1.08. The van der Waals surface area contributed by atoms with E-state index in [9.17, 15) is 5.11 Å². The molecule has 1 nitrogen and oxygen atoms in total. The van der Waals surface area contributed by atoms with Gasteiger partial charge in [0.2, 0.25) is 0 Å². The molecule has 1 heteroatoms. The molecule has 2 fully saturated rings. The van der Waals surface area contributed by atoms with Crippen molar-refractivity contribution in [3.05, 3.63) is 47.5 Å². The van der Waals surface area contributed by atoms with Crippen molar-refractivity contribution >= 4 is 0 Å². The minimum absolute atomic E-state index is 0.0878. The molecule has 1 aromatic rings. The van der Waals surface area contributed by atoms with E-state index in [1.54, 1.807) is 11.1 Å². The topological polar surface area (TPSA) is 20.2 Å². The summed E-state index contributed by atoms with van der Waals surface area (Å²) in [6.45, 7) is 6.44. The van der Waals surface area contributed by atoms with Gasteiger partial charge in [0.25, 0.3) is 0 Å². The van der Waals surface area contributed by atoms with Gasteiger partial charge in [-0.3, -0.25) is 0 Å². The fourth-order valence-corrected chi connectivity index (χ4v) is 5.45. The molecule has 4 rings (SSSR count). The summed E-state index contributed by atoms with van der Waals surface area (Å²) in [7, 11) is 0. The van der Waals surface area contributed by atoms with Crippen LogP contribution in [0.4, 0.5) is 0 Å². The first-order valence-electron chi connectivity index (χ1n) is 8.05. The van der Waals surface area contributed by atoms with Crippen LogP contribution < -0.4 is 0 Å². The minimum atomic E-state index is -0.273. The molecule has 5 atom stereocenters. The Balaban J connectivity index is 1.73. The maximum Gasteiger partial charge on any atom is 0.0804 e. The zero-order chi connectivity index (χ0) is 13.9. The summed E-state index contributed by atoms with van der Waals surface area (Å²) in [5.41, 5.74) is 4.33. The van der Waals surface area contributed by atoms with E-state index in [-0.39, 0.29) is 11.5 Å². The first kappa shape index (κ1) is 12.6. The highest BCUT2D eigenvalue weighted by Gasteiger charge is 2.55. The average Bonchev–Trinajstić information content (AvgIpc) is 2.71. The fourth-order valence-electron chi connectivity index (χ4n) is 5.45. The second-order valence-corrected chi connectivity index (χ2v) is 7.42. The third kappa shape index (κ3) is 1.53. The van der Waals surface area contributed by atoms with Gasteiger partial charge in [0.05, 0.1) is 6.10 Å². The van der Waals surface area contributed by atoms with Gasteiger partial charge in [-0.15, -0.1) is 0 Å². The molecule has 2 saturated carbocycles. The van der Waals surface area contributed by atoms with Gasteiger partial charge in [0.1, 0.15) is 0 Å². The standard InChI is InChI=1S/C19H24O/c1-12-11-17-16-8-7-13-5-3-4-6-14(13)15(16)9-10-19(17,2)18(12)20/h3-6,15-18,20H,1,7-11H2,2H3/t15-,16-,17+,18-,19+/m1/s1. The first-order valence-corrected chi connectivity index (χ1v) is 8.05. The molecule has 0 spiro atoms. The van der Waals surface area contributed by atoms with Crippen LogP contribution in [-0.4, -0.2) is 11.2 Å². The predicted octanol–water partition coefficient (Wildman–Crippen LogP) is 4.07. The van der Waals surface area contributed by atoms with Crippen molar-refractivity contribution in [3.8, 4) is 0 Å². The number of aliphatic hydroxyl groups excluding tert-OH is 1. The van der Waals surface area contributed by atoms with Crippen molar-refractivity contribution in [1.82, 2.24) is 0 Å². The monoisotopic (exact) mass is 268 g/mol. The van der Waals surface area contributed by atoms with Gasteiger partial charge in [-0.1, -0.05) is 37.8 Å². The molecule has 0 aliphatic heterocycles. The van der Waals surface area contributed by atoms with Gasteiger partial charge in [-0.25, -0.2) is 0 Å². The summed E-state index contributed by atoms with van der Waals surface area (Å²) in [6.07, 6.45) is 5.66. The molecule has 0 saturated heterocycles. The largest absolute Gasteiger partial charge is 0.388 e. The number of aryl methyl sites for hydroxylation is 1. The van der Waals surface area contributed by atoms with Gasteiger partial charge < -0.3 is 5.11 Å². The highest BCUT2D eigenvalue weighted by Crippen LogP contribution is 2.61. The highest BCUT2D eigenvalue weighted by atomic mass is 16.3. The van der Waals surface area contributed by atoms with Crippen molar-refractivity contribution in [2.75, 3.05) is 0 Å². The highest BCUT2D eigenvalue weighted by molar-refractivity contribution is 5.36. The molecule has 0 unspecified atom stereocenters. The first-order chi connectivity index (χ1) is 9.61. The van der Waals surface area contributed by atoms with Crippen LogP contribution in [0.15, 0.2) is 36.4 Å². The number of hydrogen-bond donors (Lipinski definition) is 1. The quantitative estimate of drug-likeness (QED) is 0.703. The maximum atomic E-state index is 10.5. The second kappa shape index (κ2) is 4.21. The van der Waals surface area contributed by atoms with Crippen molar-refractivity contribution < 1.29 is 5.11 Å². The lowest BCUT2D eigenvalue weighted by Crippen LogP contribution is -2.44. The van der Waals surface area contributed by atoms with E-state index < -0.39 is 0 Å². The number of fused-ring (bicyclic) bond motifs is 5. The summed E-state index contributed by atoms with van der Waals surface area (Å²) >= 11 is 0. The van der Waals surface area contributed by atoms with E-state index in [1.807, 2.05) is 0 Å². The lowest BCUT2D eigenvalue weighted by molar-refractivity contribution is -0.0159. The number of rotatable bonds is 0. The van der Waals surface area contributed by atoms with Gasteiger partial charge in [-0.2, -0.15) is 0 Å². The lowest BCUT2D eigenvalue weighted by Gasteiger charge is -2.49. The molecule has 0 radical (unpaired) electrons. The molecule has 1 N–H and O–H groups in total. The van der Waals surface area contributed by atoms with Crippen LogP contribution in [0, 0.1) is 17.3 Å². The lowest BCUT2D eigenvalue weighted by atomic mass is 9.55. The molecule has 3 aliphatic rings. The molecular weight excluding hydrogens is 244 g/mol. The zero-order valence-electron chi connectivity index (χ0n) is 12.3. The smallest absolute Gasteiger partial charge is 0.0804 e. The van der Waals surface area contributed by atoms with Crippen LogP contribution in [0.3, 0.4) is 0 Å². The van der Waals surface area contributed by atoms with Crippen molar-refractivity contribution in [2.24, 2.45) is 17.3 Å². The van der Waals surface area contributed by atoms with Crippen LogP contribution in [0.5, 0.6) is 0 Å². The van der Waals surface area contributed by atoms with E-state index in [0.29, 0.717) is 5.92 Å². The summed E-state index contributed by atoms with van der Waals surface area (Å²) in [5, 5.41) is 10.5. The predicted molar refractivity (Wildman–Crippen MR) is 81.6 cm³/mol. The Morgan fingerprint density at radius 1 is 1.25 bits per heavy atom. The summed E-state index contributed by atoms with van der Waals surface area (Å²) in [5.74, 6) is 2.10. The van der Waals surface area contributed by atoms with Crippen LogP contribution in [0.2, 0.25) is 0 Å². The Kier molecular flexibility index (Phi) is 2.66. The molecule has 0 amide bonds. The maximum absolute atomic E-state index is 10.5. The normalized spacial score (nSPS) is 42.8. The van der Waals surface area contributed by atoms with Crippen molar-refractivity contribution in [2.45, 2.75) is 51.0 Å². The molecule has 0 heterocycles. The van der Waals surface area contributed by atoms with Gasteiger partial charge in [0.15, 0.2) is 0 Å². The Morgan fingerprint density at radius 3 is 2.90 bits per heavy atom. The number of aliphatic hydroxyl groups is 1. The van der Waals surface area contributed by atoms with E-state index in [2.05, 4.69) is 37.8 Å². The summed E-state index contributed by atoms with van der Waals surface area (Å²) < 4.78 is 0. The Bertz CT molecular complexity index is 561. The Labute approximate surface area is 121 Å². The zero-order valence-corrected chi connectivity index (χ0v) is 12.3. The van der Waals surface area contributed by atoms with E-state index in [1.165, 1.54) is 19.3 Å². The number of hydrogen-bond acceptors (Lipinski definition) is 1. The second-order valence-electron chi connectivity index (χ2n) is 7.42. The molecule has 1 aromatic carbocycles. The van der Waals surface area contributed by atoms with Crippen molar-refractivity contribution in [3.63, 3.8) is 0 Å². The molecular formula is C19H24O. The van der Waals surface area contributed by atoms with E-state index in [0.717, 1.165) is 30.3 Å². The Morgan fingerprint density at radius 2 is 2.05 bits per heavy atom. The SMILES string of the molecule is C=C1C[C@H]2[C@@H]3CCc4ccccc4[C@H]3CC[C@]2(C)[C@@H]1O. The molecule has 0 aromatic heterocycles. The minimum Gasteiger partial charge on any atom is -0.388 e. The molecule has 20 heavy (non-hydrogen) atoms. The third-order valence-electron chi connectivity index (χ3n) is 6.57. The van der Waals surface area contributed by atoms with Gasteiger partial charge in [0, 0.05) is 5.41 Å². The average molecular weight is 268 g/mol. The van der Waals surface area contributed by atoms with Crippen LogP contribution in [0.1, 0.15) is 49.7 Å². The summed E-state index contributed by atoms with van der Waals surface area (Å²) in [6, 6.07) is 9.02. The van der Waals surface area contributed by atoms with Crippen LogP contribution in [0.25, 0.3) is 0 Å². The third-order valence-corrected chi connectivity index (χ3v) is 6.57. The van der Waals surface area contributed by atoms with Gasteiger partial charge >= 0.3 is 0 Å². The molecule has 0 bridgehead atoms. The fraction of sp³-hybridized carbons (Fsp3) is 0.579. The van der Waals surface area contributed by atoms with E-state index >= 15 is 0 Å². The molecule has 106 valence electrons. The molecule has 3 aliphatic carbocycles. The number of benzene rings is 1. The van der Waals surface area contributed by atoms with Crippen LogP contribution >= 0.6 is 0 Å². The van der Waals surface area contributed by atoms with Crippen molar-refractivity contribution in [1.29, 1.82) is 0 Å². The van der Waals surface area contributed by atoms with Gasteiger partial charge in [-0.05, 0) is 66.6 Å². The summed E-state index contributed by atoms with van der Waals surface area (Å²) in [4.78, 5) is 0. The van der Waals surface area contributed by atoms with Crippen LogP contribution in [-0.2, 0) is 6.42 Å². The van der Waals surface area contributed by atoms with E-state index in [4.69, 9.17) is 0 Å².